The third-order valence-corrected chi connectivity index (χ3v) is 2.39. The molecule has 0 spiro atoms. The van der Waals surface area contributed by atoms with Gasteiger partial charge in [-0.3, -0.25) is 0 Å². The van der Waals surface area contributed by atoms with Crippen LogP contribution in [0.1, 0.15) is 11.7 Å². The van der Waals surface area contributed by atoms with Crippen molar-refractivity contribution in [1.82, 2.24) is 4.98 Å². The molecule has 1 unspecified atom stereocenters. The summed E-state index contributed by atoms with van der Waals surface area (Å²) in [6, 6.07) is 5.07. The number of rotatable bonds is 2. The van der Waals surface area contributed by atoms with Crippen molar-refractivity contribution >= 4 is 16.9 Å². The van der Waals surface area contributed by atoms with Gasteiger partial charge in [-0.2, -0.15) is 0 Å². The normalized spacial score (nSPS) is 12.7. The zero-order valence-electron chi connectivity index (χ0n) is 8.66. The number of H-pyrrole nitrogens is 1. The van der Waals surface area contributed by atoms with Crippen LogP contribution in [0.2, 0.25) is 0 Å². The summed E-state index contributed by atoms with van der Waals surface area (Å²) in [4.78, 5) is 14.2. The van der Waals surface area contributed by atoms with E-state index in [1.807, 2.05) is 0 Å². The monoisotopic (exact) mass is 222 g/mol. The molecule has 0 saturated carbocycles. The molecule has 2 aromatic rings. The average molecular weight is 222 g/mol. The standard InChI is InChI=1S/C11H11FN2O2/c1-16-11(15)10(13)9-5-6-4-7(12)2-3-8(6)14-9/h2-5,10,14H,13H2,1H3. The van der Waals surface area contributed by atoms with Gasteiger partial charge in [0.25, 0.3) is 0 Å². The Kier molecular flexibility index (Phi) is 2.62. The topological polar surface area (TPSA) is 68.1 Å². The summed E-state index contributed by atoms with van der Waals surface area (Å²) in [6.45, 7) is 0. The fourth-order valence-corrected chi connectivity index (χ4v) is 1.55. The van der Waals surface area contributed by atoms with Crippen molar-refractivity contribution in [3.05, 3.63) is 35.8 Å². The second kappa shape index (κ2) is 3.94. The van der Waals surface area contributed by atoms with Gasteiger partial charge in [-0.1, -0.05) is 0 Å². The number of ether oxygens (including phenoxy) is 1. The lowest BCUT2D eigenvalue weighted by molar-refractivity contribution is -0.142. The Morgan fingerprint density at radius 2 is 2.25 bits per heavy atom. The van der Waals surface area contributed by atoms with Crippen molar-refractivity contribution in [1.29, 1.82) is 0 Å². The first-order valence-corrected chi connectivity index (χ1v) is 4.73. The predicted octanol–water partition coefficient (Wildman–Crippen LogP) is 1.48. The van der Waals surface area contributed by atoms with E-state index in [0.717, 1.165) is 5.52 Å². The van der Waals surface area contributed by atoms with Crippen LogP contribution in [0.15, 0.2) is 24.3 Å². The SMILES string of the molecule is COC(=O)C(N)c1cc2cc(F)ccc2[nH]1. The van der Waals surface area contributed by atoms with Crippen LogP contribution in [-0.2, 0) is 9.53 Å². The van der Waals surface area contributed by atoms with E-state index < -0.39 is 12.0 Å². The number of hydrogen-bond donors (Lipinski definition) is 2. The molecule has 0 radical (unpaired) electrons. The van der Waals surface area contributed by atoms with Crippen molar-refractivity contribution in [2.24, 2.45) is 5.73 Å². The van der Waals surface area contributed by atoms with E-state index in [-0.39, 0.29) is 5.82 Å². The molecular weight excluding hydrogens is 211 g/mol. The number of carbonyl (C=O) groups is 1. The Bertz CT molecular complexity index is 536. The highest BCUT2D eigenvalue weighted by molar-refractivity contribution is 5.84. The molecular formula is C11H11FN2O2. The fourth-order valence-electron chi connectivity index (χ4n) is 1.55. The zero-order valence-corrected chi connectivity index (χ0v) is 8.66. The van der Waals surface area contributed by atoms with Crippen molar-refractivity contribution in [3.8, 4) is 0 Å². The number of aromatic amines is 1. The van der Waals surface area contributed by atoms with Gasteiger partial charge in [-0.25, -0.2) is 9.18 Å². The molecule has 0 saturated heterocycles. The first kappa shape index (κ1) is 10.6. The number of methoxy groups -OCH3 is 1. The summed E-state index contributed by atoms with van der Waals surface area (Å²) in [5, 5.41) is 0.675. The molecule has 3 N–H and O–H groups in total. The minimum Gasteiger partial charge on any atom is -0.468 e. The minimum atomic E-state index is -0.875. The van der Waals surface area contributed by atoms with Crippen LogP contribution >= 0.6 is 0 Å². The van der Waals surface area contributed by atoms with Crippen LogP contribution in [0.3, 0.4) is 0 Å². The van der Waals surface area contributed by atoms with Crippen LogP contribution in [0.25, 0.3) is 10.9 Å². The zero-order chi connectivity index (χ0) is 11.7. The number of halogens is 1. The number of fused-ring (bicyclic) bond motifs is 1. The summed E-state index contributed by atoms with van der Waals surface area (Å²) in [7, 11) is 1.27. The molecule has 16 heavy (non-hydrogen) atoms. The summed E-state index contributed by atoms with van der Waals surface area (Å²) < 4.78 is 17.5. The molecule has 1 heterocycles. The van der Waals surface area contributed by atoms with E-state index in [9.17, 15) is 9.18 Å². The van der Waals surface area contributed by atoms with Crippen LogP contribution in [0.4, 0.5) is 4.39 Å². The third-order valence-electron chi connectivity index (χ3n) is 2.39. The maximum atomic E-state index is 12.9. The molecule has 0 aliphatic rings. The van der Waals surface area contributed by atoms with Gasteiger partial charge in [-0.05, 0) is 24.3 Å². The van der Waals surface area contributed by atoms with Crippen molar-refractivity contribution in [3.63, 3.8) is 0 Å². The molecule has 0 aliphatic carbocycles. The van der Waals surface area contributed by atoms with Gasteiger partial charge in [0.15, 0.2) is 0 Å². The summed E-state index contributed by atoms with van der Waals surface area (Å²) in [6.07, 6.45) is 0. The molecule has 0 bridgehead atoms. The Balaban J connectivity index is 2.43. The number of carbonyl (C=O) groups excluding carboxylic acids is 1. The Morgan fingerprint density at radius 1 is 1.50 bits per heavy atom. The van der Waals surface area contributed by atoms with Gasteiger partial charge >= 0.3 is 5.97 Å². The van der Waals surface area contributed by atoms with E-state index in [4.69, 9.17) is 5.73 Å². The van der Waals surface area contributed by atoms with Gasteiger partial charge in [0.1, 0.15) is 11.9 Å². The third kappa shape index (κ3) is 1.77. The van der Waals surface area contributed by atoms with Gasteiger partial charge in [-0.15, -0.1) is 0 Å². The van der Waals surface area contributed by atoms with Gasteiger partial charge in [0.2, 0.25) is 0 Å². The summed E-state index contributed by atoms with van der Waals surface area (Å²) in [5.41, 5.74) is 6.89. The molecule has 5 heteroatoms. The maximum Gasteiger partial charge on any atom is 0.328 e. The first-order valence-electron chi connectivity index (χ1n) is 4.73. The second-order valence-corrected chi connectivity index (χ2v) is 3.46. The quantitative estimate of drug-likeness (QED) is 0.756. The van der Waals surface area contributed by atoms with Crippen molar-refractivity contribution in [2.45, 2.75) is 6.04 Å². The summed E-state index contributed by atoms with van der Waals surface area (Å²) >= 11 is 0. The summed E-state index contributed by atoms with van der Waals surface area (Å²) in [5.74, 6) is -0.864. The van der Waals surface area contributed by atoms with Crippen molar-refractivity contribution < 1.29 is 13.9 Å². The highest BCUT2D eigenvalue weighted by atomic mass is 19.1. The lowest BCUT2D eigenvalue weighted by Gasteiger charge is -2.05. The highest BCUT2D eigenvalue weighted by Gasteiger charge is 2.18. The molecule has 0 aliphatic heterocycles. The van der Waals surface area contributed by atoms with E-state index >= 15 is 0 Å². The van der Waals surface area contributed by atoms with Crippen LogP contribution in [0.5, 0.6) is 0 Å². The Labute approximate surface area is 91.2 Å². The van der Waals surface area contributed by atoms with E-state index in [1.165, 1.54) is 19.2 Å². The van der Waals surface area contributed by atoms with Crippen LogP contribution in [0, 0.1) is 5.82 Å². The van der Waals surface area contributed by atoms with E-state index in [0.29, 0.717) is 11.1 Å². The molecule has 1 atom stereocenters. The number of esters is 1. The maximum absolute atomic E-state index is 12.9. The molecule has 4 nitrogen and oxygen atoms in total. The average Bonchev–Trinajstić information content (AvgIpc) is 2.69. The number of aromatic nitrogens is 1. The Hall–Kier alpha value is -1.88. The predicted molar refractivity (Wildman–Crippen MR) is 57.2 cm³/mol. The fraction of sp³-hybridized carbons (Fsp3) is 0.182. The minimum absolute atomic E-state index is 0.329. The van der Waals surface area contributed by atoms with E-state index in [1.54, 1.807) is 12.1 Å². The molecule has 84 valence electrons. The largest absolute Gasteiger partial charge is 0.468 e. The highest BCUT2D eigenvalue weighted by Crippen LogP contribution is 2.20. The number of nitrogens with one attached hydrogen (secondary N) is 1. The molecule has 0 fully saturated rings. The van der Waals surface area contributed by atoms with Gasteiger partial charge in [0.05, 0.1) is 7.11 Å². The number of nitrogens with two attached hydrogens (primary N) is 1. The van der Waals surface area contributed by atoms with Crippen LogP contribution in [-0.4, -0.2) is 18.1 Å². The smallest absolute Gasteiger partial charge is 0.328 e. The lowest BCUT2D eigenvalue weighted by Crippen LogP contribution is -2.22. The van der Waals surface area contributed by atoms with Gasteiger partial charge < -0.3 is 15.5 Å². The van der Waals surface area contributed by atoms with Gasteiger partial charge in [0, 0.05) is 16.6 Å². The Morgan fingerprint density at radius 3 is 2.94 bits per heavy atom. The number of hydrogen-bond acceptors (Lipinski definition) is 3. The second-order valence-electron chi connectivity index (χ2n) is 3.46. The molecule has 1 aromatic carbocycles. The molecule has 1 aromatic heterocycles. The molecule has 2 rings (SSSR count). The number of benzene rings is 1. The van der Waals surface area contributed by atoms with Crippen molar-refractivity contribution in [2.75, 3.05) is 7.11 Å². The van der Waals surface area contributed by atoms with E-state index in [2.05, 4.69) is 9.72 Å². The lowest BCUT2D eigenvalue weighted by atomic mass is 10.2. The van der Waals surface area contributed by atoms with Crippen LogP contribution < -0.4 is 5.73 Å². The first-order chi connectivity index (χ1) is 7.61. The molecule has 0 amide bonds.